The Balaban J connectivity index is 1.86. The first-order valence-corrected chi connectivity index (χ1v) is 6.51. The van der Waals surface area contributed by atoms with E-state index in [4.69, 9.17) is 10.5 Å². The Morgan fingerprint density at radius 3 is 2.78 bits per heavy atom. The van der Waals surface area contributed by atoms with Crippen molar-refractivity contribution in [2.45, 2.75) is 6.61 Å². The first-order valence-electron chi connectivity index (χ1n) is 5.63. The van der Waals surface area contributed by atoms with Crippen LogP contribution in [0.2, 0.25) is 0 Å². The monoisotopic (exact) mass is 256 g/mol. The number of ether oxygens (including phenoxy) is 1. The molecule has 0 aliphatic carbocycles. The van der Waals surface area contributed by atoms with Crippen LogP contribution in [0.3, 0.4) is 0 Å². The van der Waals surface area contributed by atoms with Gasteiger partial charge in [0.25, 0.3) is 0 Å². The normalized spacial score (nSPS) is 10.7. The van der Waals surface area contributed by atoms with Crippen molar-refractivity contribution in [3.05, 3.63) is 53.5 Å². The fraction of sp³-hybridized carbons (Fsp3) is 0.0714. The van der Waals surface area contributed by atoms with Gasteiger partial charge in [0.1, 0.15) is 12.4 Å². The molecule has 0 aliphatic rings. The van der Waals surface area contributed by atoms with Gasteiger partial charge in [-0.15, -0.1) is 11.3 Å². The second-order valence-electron chi connectivity index (χ2n) is 3.94. The molecule has 3 aromatic rings. The zero-order chi connectivity index (χ0) is 12.4. The SMILES string of the molecule is Nc1nc(COc2cccc3ccccc23)cs1. The van der Waals surface area contributed by atoms with Crippen molar-refractivity contribution < 1.29 is 4.74 Å². The molecule has 3 rings (SSSR count). The highest BCUT2D eigenvalue weighted by molar-refractivity contribution is 7.13. The molecule has 0 amide bonds. The Morgan fingerprint density at radius 1 is 1.11 bits per heavy atom. The maximum atomic E-state index is 5.81. The standard InChI is InChI=1S/C14H12N2OS/c15-14-16-11(9-18-14)8-17-13-7-3-5-10-4-1-2-6-12(10)13/h1-7,9H,8H2,(H2,15,16). The van der Waals surface area contributed by atoms with E-state index in [1.54, 1.807) is 0 Å². The molecule has 2 N–H and O–H groups in total. The molecule has 3 nitrogen and oxygen atoms in total. The maximum Gasteiger partial charge on any atom is 0.180 e. The summed E-state index contributed by atoms with van der Waals surface area (Å²) in [4.78, 5) is 4.18. The van der Waals surface area contributed by atoms with Gasteiger partial charge in [-0.3, -0.25) is 0 Å². The highest BCUT2D eigenvalue weighted by atomic mass is 32.1. The van der Waals surface area contributed by atoms with Gasteiger partial charge in [-0.25, -0.2) is 4.98 Å². The van der Waals surface area contributed by atoms with Crippen LogP contribution >= 0.6 is 11.3 Å². The second kappa shape index (κ2) is 4.66. The Bertz CT molecular complexity index is 673. The molecule has 4 heteroatoms. The van der Waals surface area contributed by atoms with Gasteiger partial charge in [0, 0.05) is 10.8 Å². The summed E-state index contributed by atoms with van der Waals surface area (Å²) in [5.74, 6) is 0.875. The van der Waals surface area contributed by atoms with E-state index in [1.807, 2.05) is 29.6 Å². The van der Waals surface area contributed by atoms with Crippen molar-refractivity contribution in [1.82, 2.24) is 4.98 Å². The van der Waals surface area contributed by atoms with Gasteiger partial charge < -0.3 is 10.5 Å². The summed E-state index contributed by atoms with van der Waals surface area (Å²) in [6, 6.07) is 14.2. The maximum absolute atomic E-state index is 5.81. The quantitative estimate of drug-likeness (QED) is 0.780. The van der Waals surface area contributed by atoms with E-state index in [2.05, 4.69) is 23.2 Å². The molecule has 0 fully saturated rings. The van der Waals surface area contributed by atoms with Crippen molar-refractivity contribution in [2.24, 2.45) is 0 Å². The third-order valence-electron chi connectivity index (χ3n) is 2.69. The number of hydrogen-bond donors (Lipinski definition) is 1. The van der Waals surface area contributed by atoms with Gasteiger partial charge >= 0.3 is 0 Å². The van der Waals surface area contributed by atoms with E-state index >= 15 is 0 Å². The van der Waals surface area contributed by atoms with Gasteiger partial charge in [0.2, 0.25) is 0 Å². The minimum Gasteiger partial charge on any atom is -0.487 e. The van der Waals surface area contributed by atoms with Gasteiger partial charge in [0.15, 0.2) is 5.13 Å². The van der Waals surface area contributed by atoms with Crippen LogP contribution < -0.4 is 10.5 Å². The molecule has 1 aromatic heterocycles. The summed E-state index contributed by atoms with van der Waals surface area (Å²) in [5.41, 5.74) is 6.46. The molecule has 18 heavy (non-hydrogen) atoms. The van der Waals surface area contributed by atoms with E-state index < -0.39 is 0 Å². The molecule has 1 heterocycles. The summed E-state index contributed by atoms with van der Waals surface area (Å²) in [6.07, 6.45) is 0. The summed E-state index contributed by atoms with van der Waals surface area (Å²) in [6.45, 7) is 0.446. The number of nitrogens with zero attached hydrogens (tertiary/aromatic N) is 1. The molecule has 0 saturated carbocycles. The molecule has 0 bridgehead atoms. The smallest absolute Gasteiger partial charge is 0.180 e. The van der Waals surface area contributed by atoms with Crippen molar-refractivity contribution >= 4 is 27.2 Å². The lowest BCUT2D eigenvalue weighted by Crippen LogP contribution is -1.96. The van der Waals surface area contributed by atoms with Gasteiger partial charge in [0.05, 0.1) is 5.69 Å². The first-order chi connectivity index (χ1) is 8.83. The van der Waals surface area contributed by atoms with Crippen LogP contribution in [0.15, 0.2) is 47.8 Å². The first kappa shape index (κ1) is 11.0. The topological polar surface area (TPSA) is 48.1 Å². The lowest BCUT2D eigenvalue weighted by atomic mass is 10.1. The third kappa shape index (κ3) is 2.15. The van der Waals surface area contributed by atoms with Crippen LogP contribution in [0.5, 0.6) is 5.75 Å². The average Bonchev–Trinajstić information content (AvgIpc) is 2.82. The third-order valence-corrected chi connectivity index (χ3v) is 3.42. The Labute approximate surface area is 109 Å². The summed E-state index contributed by atoms with van der Waals surface area (Å²) in [7, 11) is 0. The molecule has 0 unspecified atom stereocenters. The number of benzene rings is 2. The van der Waals surface area contributed by atoms with Crippen molar-refractivity contribution in [3.8, 4) is 5.75 Å². The number of aromatic nitrogens is 1. The van der Waals surface area contributed by atoms with Gasteiger partial charge in [-0.2, -0.15) is 0 Å². The summed E-state index contributed by atoms with van der Waals surface area (Å²) < 4.78 is 5.81. The largest absolute Gasteiger partial charge is 0.487 e. The van der Waals surface area contributed by atoms with Gasteiger partial charge in [-0.1, -0.05) is 36.4 Å². The molecule has 0 atom stereocenters. The molecule has 0 aliphatic heterocycles. The zero-order valence-corrected chi connectivity index (χ0v) is 10.5. The predicted molar refractivity (Wildman–Crippen MR) is 74.8 cm³/mol. The number of nitrogen functional groups attached to an aromatic ring is 1. The number of hydrogen-bond acceptors (Lipinski definition) is 4. The number of anilines is 1. The minimum absolute atomic E-state index is 0.446. The van der Waals surface area contributed by atoms with Crippen LogP contribution in [0.25, 0.3) is 10.8 Å². The Kier molecular flexibility index (Phi) is 2.86. The Hall–Kier alpha value is -2.07. The van der Waals surface area contributed by atoms with Crippen molar-refractivity contribution in [3.63, 3.8) is 0 Å². The average molecular weight is 256 g/mol. The fourth-order valence-corrected chi connectivity index (χ4v) is 2.41. The van der Waals surface area contributed by atoms with E-state index in [0.717, 1.165) is 16.8 Å². The molecule has 90 valence electrons. The molecular weight excluding hydrogens is 244 g/mol. The number of nitrogens with two attached hydrogens (primary N) is 1. The van der Waals surface area contributed by atoms with E-state index in [0.29, 0.717) is 11.7 Å². The van der Waals surface area contributed by atoms with Crippen LogP contribution in [0.4, 0.5) is 5.13 Å². The van der Waals surface area contributed by atoms with Gasteiger partial charge in [-0.05, 0) is 11.5 Å². The lowest BCUT2D eigenvalue weighted by Gasteiger charge is -2.07. The van der Waals surface area contributed by atoms with E-state index in [-0.39, 0.29) is 0 Å². The molecule has 2 aromatic carbocycles. The van der Waals surface area contributed by atoms with E-state index in [1.165, 1.54) is 16.7 Å². The second-order valence-corrected chi connectivity index (χ2v) is 4.83. The highest BCUT2D eigenvalue weighted by Gasteiger charge is 2.03. The molecule has 0 radical (unpaired) electrons. The number of thiazole rings is 1. The number of rotatable bonds is 3. The summed E-state index contributed by atoms with van der Waals surface area (Å²) in [5, 5.41) is 4.78. The van der Waals surface area contributed by atoms with Crippen LogP contribution in [-0.2, 0) is 6.61 Å². The number of fused-ring (bicyclic) bond motifs is 1. The molecule has 0 saturated heterocycles. The lowest BCUT2D eigenvalue weighted by molar-refractivity contribution is 0.306. The fourth-order valence-electron chi connectivity index (χ4n) is 1.86. The van der Waals surface area contributed by atoms with Crippen LogP contribution in [0.1, 0.15) is 5.69 Å². The zero-order valence-electron chi connectivity index (χ0n) is 9.67. The molecular formula is C14H12N2OS. The van der Waals surface area contributed by atoms with Crippen LogP contribution in [0, 0.1) is 0 Å². The van der Waals surface area contributed by atoms with Crippen molar-refractivity contribution in [1.29, 1.82) is 0 Å². The van der Waals surface area contributed by atoms with Crippen molar-refractivity contribution in [2.75, 3.05) is 5.73 Å². The molecule has 0 spiro atoms. The predicted octanol–water partition coefficient (Wildman–Crippen LogP) is 3.46. The minimum atomic E-state index is 0.446. The van der Waals surface area contributed by atoms with Crippen LogP contribution in [-0.4, -0.2) is 4.98 Å². The Morgan fingerprint density at radius 2 is 1.94 bits per heavy atom. The highest BCUT2D eigenvalue weighted by Crippen LogP contribution is 2.26. The van der Waals surface area contributed by atoms with E-state index in [9.17, 15) is 0 Å². The summed E-state index contributed by atoms with van der Waals surface area (Å²) >= 11 is 1.43.